The van der Waals surface area contributed by atoms with Gasteiger partial charge in [-0.15, -0.1) is 0 Å². The van der Waals surface area contributed by atoms with Crippen molar-refractivity contribution < 1.29 is 19.1 Å². The van der Waals surface area contributed by atoms with Crippen molar-refractivity contribution >= 4 is 22.7 Å². The number of hydrogen-bond acceptors (Lipinski definition) is 4. The molecule has 1 heterocycles. The molecule has 2 aromatic rings. The average molecular weight is 402 g/mol. The second-order valence-corrected chi connectivity index (χ2v) is 7.53. The van der Waals surface area contributed by atoms with Crippen molar-refractivity contribution in [1.82, 2.24) is 15.2 Å². The van der Waals surface area contributed by atoms with E-state index in [-0.39, 0.29) is 18.4 Å². The Balaban J connectivity index is 1.88. The van der Waals surface area contributed by atoms with E-state index in [2.05, 4.69) is 15.2 Å². The molecule has 0 aliphatic heterocycles. The Morgan fingerprint density at radius 2 is 1.90 bits per heavy atom. The van der Waals surface area contributed by atoms with E-state index in [9.17, 15) is 9.59 Å². The number of nitrogens with zero attached hydrogens (tertiary/aromatic N) is 1. The number of carbonyl (C=O) groups is 2. The maximum atomic E-state index is 13.0. The molecule has 2 N–H and O–H groups in total. The predicted octanol–water partition coefficient (Wildman–Crippen LogP) is 2.96. The number of rotatable bonds is 8. The molecule has 0 radical (unpaired) electrons. The monoisotopic (exact) mass is 401 g/mol. The summed E-state index contributed by atoms with van der Waals surface area (Å²) in [6.07, 6.45) is 5.94. The topological polar surface area (TPSA) is 81.6 Å². The van der Waals surface area contributed by atoms with Crippen LogP contribution in [0.1, 0.15) is 54.2 Å². The van der Waals surface area contributed by atoms with E-state index >= 15 is 0 Å². The predicted molar refractivity (Wildman–Crippen MR) is 113 cm³/mol. The lowest BCUT2D eigenvalue weighted by Crippen LogP contribution is -2.38. The summed E-state index contributed by atoms with van der Waals surface area (Å²) in [4.78, 5) is 25.0. The molecule has 1 aromatic heterocycles. The fraction of sp³-hybridized carbons (Fsp3) is 0.545. The number of amides is 2. The lowest BCUT2D eigenvalue weighted by molar-refractivity contribution is -0.120. The first-order valence-electron chi connectivity index (χ1n) is 10.3. The Hall–Kier alpha value is -2.54. The minimum absolute atomic E-state index is 0.0674. The highest BCUT2D eigenvalue weighted by atomic mass is 16.5. The Labute approximate surface area is 171 Å². The number of nitrogens with one attached hydrogen (secondary N) is 2. The number of ether oxygens (including phenoxy) is 2. The average Bonchev–Trinajstić information content (AvgIpc) is 3.03. The van der Waals surface area contributed by atoms with Crippen molar-refractivity contribution in [1.29, 1.82) is 0 Å². The van der Waals surface area contributed by atoms with Gasteiger partial charge in [-0.05, 0) is 38.0 Å². The Morgan fingerprint density at radius 3 is 2.59 bits per heavy atom. The van der Waals surface area contributed by atoms with E-state index in [1.807, 2.05) is 25.1 Å². The largest absolute Gasteiger partial charge is 0.497 e. The van der Waals surface area contributed by atoms with Gasteiger partial charge in [0, 0.05) is 36.3 Å². The van der Waals surface area contributed by atoms with Crippen LogP contribution in [0, 0.1) is 6.92 Å². The molecule has 1 saturated carbocycles. The fourth-order valence-electron chi connectivity index (χ4n) is 4.25. The van der Waals surface area contributed by atoms with Crippen molar-refractivity contribution in [2.75, 3.05) is 33.9 Å². The molecule has 0 saturated heterocycles. The second kappa shape index (κ2) is 9.78. The van der Waals surface area contributed by atoms with Crippen molar-refractivity contribution in [2.45, 2.75) is 45.1 Å². The van der Waals surface area contributed by atoms with Crippen LogP contribution in [0.5, 0.6) is 5.75 Å². The lowest BCUT2D eigenvalue weighted by atomic mass is 9.95. The zero-order valence-corrected chi connectivity index (χ0v) is 17.5. The molecule has 2 amide bonds. The molecule has 0 atom stereocenters. The van der Waals surface area contributed by atoms with E-state index in [0.29, 0.717) is 30.5 Å². The summed E-state index contributed by atoms with van der Waals surface area (Å²) in [5, 5.41) is 6.35. The molecule has 7 nitrogen and oxygen atoms in total. The first kappa shape index (κ1) is 21.2. The molecule has 7 heteroatoms. The van der Waals surface area contributed by atoms with E-state index in [0.717, 1.165) is 29.4 Å². The highest BCUT2D eigenvalue weighted by molar-refractivity contribution is 6.09. The van der Waals surface area contributed by atoms with Gasteiger partial charge in [-0.2, -0.15) is 0 Å². The van der Waals surface area contributed by atoms with Gasteiger partial charge in [-0.3, -0.25) is 9.59 Å². The summed E-state index contributed by atoms with van der Waals surface area (Å²) >= 11 is 0. The first-order chi connectivity index (χ1) is 14.1. The maximum absolute atomic E-state index is 13.0. The van der Waals surface area contributed by atoms with Crippen LogP contribution in [0.4, 0.5) is 0 Å². The molecule has 158 valence electrons. The number of carbonyl (C=O) groups excluding carboxylic acids is 2. The van der Waals surface area contributed by atoms with Crippen molar-refractivity contribution in [3.63, 3.8) is 0 Å². The second-order valence-electron chi connectivity index (χ2n) is 7.53. The third kappa shape index (κ3) is 4.72. The standard InChI is InChI=1S/C22H31N3O4/c1-15-21(22(27)24-14-20(26)23-11-12-28-2)18-13-17(29-3)9-10-19(18)25(15)16-7-5-4-6-8-16/h9-10,13,16H,4-8,11-12,14H2,1-3H3,(H,23,26)(H,24,27). The summed E-state index contributed by atoms with van der Waals surface area (Å²) in [7, 11) is 3.20. The number of fused-ring (bicyclic) bond motifs is 1. The normalized spacial score (nSPS) is 14.7. The fourth-order valence-corrected chi connectivity index (χ4v) is 4.25. The third-order valence-electron chi connectivity index (χ3n) is 5.66. The van der Waals surface area contributed by atoms with Gasteiger partial charge in [0.15, 0.2) is 0 Å². The van der Waals surface area contributed by atoms with Crippen molar-refractivity contribution in [3.05, 3.63) is 29.5 Å². The SMILES string of the molecule is COCCNC(=O)CNC(=O)c1c(C)n(C2CCCCC2)c2ccc(OC)cc12. The molecule has 29 heavy (non-hydrogen) atoms. The van der Waals surface area contributed by atoms with Gasteiger partial charge < -0.3 is 24.7 Å². The summed E-state index contributed by atoms with van der Waals surface area (Å²) in [5.74, 6) is 0.239. The van der Waals surface area contributed by atoms with Crippen LogP contribution in [0.25, 0.3) is 10.9 Å². The van der Waals surface area contributed by atoms with Crippen molar-refractivity contribution in [2.24, 2.45) is 0 Å². The van der Waals surface area contributed by atoms with E-state index in [1.54, 1.807) is 14.2 Å². The zero-order valence-electron chi connectivity index (χ0n) is 17.5. The number of benzene rings is 1. The van der Waals surface area contributed by atoms with E-state index < -0.39 is 0 Å². The van der Waals surface area contributed by atoms with Gasteiger partial charge in [0.1, 0.15) is 5.75 Å². The smallest absolute Gasteiger partial charge is 0.254 e. The minimum Gasteiger partial charge on any atom is -0.497 e. The Bertz CT molecular complexity index is 869. The summed E-state index contributed by atoms with van der Waals surface area (Å²) < 4.78 is 12.6. The van der Waals surface area contributed by atoms with Crippen LogP contribution < -0.4 is 15.4 Å². The zero-order chi connectivity index (χ0) is 20.8. The van der Waals surface area contributed by atoms with Crippen LogP contribution >= 0.6 is 0 Å². The molecule has 1 aliphatic carbocycles. The lowest BCUT2D eigenvalue weighted by Gasteiger charge is -2.26. The van der Waals surface area contributed by atoms with Crippen LogP contribution in [0.3, 0.4) is 0 Å². The summed E-state index contributed by atoms with van der Waals surface area (Å²) in [6, 6.07) is 6.28. The van der Waals surface area contributed by atoms with E-state index in [4.69, 9.17) is 9.47 Å². The summed E-state index contributed by atoms with van der Waals surface area (Å²) in [5.41, 5.74) is 2.61. The van der Waals surface area contributed by atoms with Gasteiger partial charge in [0.25, 0.3) is 5.91 Å². The van der Waals surface area contributed by atoms with Crippen LogP contribution in [-0.4, -0.2) is 50.3 Å². The minimum atomic E-state index is -0.239. The molecule has 0 bridgehead atoms. The van der Waals surface area contributed by atoms with Gasteiger partial charge >= 0.3 is 0 Å². The molecule has 0 spiro atoms. The van der Waals surface area contributed by atoms with Gasteiger partial charge in [-0.1, -0.05) is 19.3 Å². The molecule has 1 aromatic carbocycles. The molecular weight excluding hydrogens is 370 g/mol. The van der Waals surface area contributed by atoms with Crippen LogP contribution in [0.2, 0.25) is 0 Å². The quantitative estimate of drug-likeness (QED) is 0.667. The van der Waals surface area contributed by atoms with Crippen LogP contribution in [0.15, 0.2) is 18.2 Å². The highest BCUT2D eigenvalue weighted by Crippen LogP contribution is 2.37. The number of methoxy groups -OCH3 is 2. The van der Waals surface area contributed by atoms with Gasteiger partial charge in [0.05, 0.1) is 25.8 Å². The van der Waals surface area contributed by atoms with Crippen molar-refractivity contribution in [3.8, 4) is 5.75 Å². The Morgan fingerprint density at radius 1 is 1.14 bits per heavy atom. The molecule has 1 aliphatic rings. The van der Waals surface area contributed by atoms with Gasteiger partial charge in [0.2, 0.25) is 5.91 Å². The number of hydrogen-bond donors (Lipinski definition) is 2. The Kier molecular flexibility index (Phi) is 7.14. The third-order valence-corrected chi connectivity index (χ3v) is 5.66. The molecular formula is C22H31N3O4. The molecule has 3 rings (SSSR count). The van der Waals surface area contributed by atoms with E-state index in [1.165, 1.54) is 19.3 Å². The maximum Gasteiger partial charge on any atom is 0.254 e. The number of aromatic nitrogens is 1. The molecule has 0 unspecified atom stereocenters. The van der Waals surface area contributed by atoms with Crippen LogP contribution in [-0.2, 0) is 9.53 Å². The highest BCUT2D eigenvalue weighted by Gasteiger charge is 2.25. The first-order valence-corrected chi connectivity index (χ1v) is 10.3. The van der Waals surface area contributed by atoms with Gasteiger partial charge in [-0.25, -0.2) is 0 Å². The summed E-state index contributed by atoms with van der Waals surface area (Å²) in [6.45, 7) is 2.78. The molecule has 1 fully saturated rings.